The van der Waals surface area contributed by atoms with Gasteiger partial charge in [0, 0.05) is 24.8 Å². The lowest BCUT2D eigenvalue weighted by Gasteiger charge is -2.44. The number of nitrogens with zero attached hydrogens (tertiary/aromatic N) is 3. The SMILES string of the molecule is COc1ccc(C(c2ccccc2)(c2ccccc2)N(C)CCN(CC(=O)O)C(=O)Cn2cc(C)c(=O)[nH]c2=O)cc1. The highest BCUT2D eigenvalue weighted by Crippen LogP contribution is 2.42. The number of rotatable bonds is 12. The first-order valence-electron chi connectivity index (χ1n) is 13.4. The van der Waals surface area contributed by atoms with Crippen LogP contribution in [0.4, 0.5) is 0 Å². The number of likely N-dealkylation sites (N-methyl/N-ethyl adjacent to an activating group) is 1. The summed E-state index contributed by atoms with van der Waals surface area (Å²) in [5.74, 6) is -1.03. The molecule has 0 saturated carbocycles. The van der Waals surface area contributed by atoms with Crippen molar-refractivity contribution in [3.8, 4) is 5.75 Å². The van der Waals surface area contributed by atoms with Crippen LogP contribution in [0.1, 0.15) is 22.3 Å². The Balaban J connectivity index is 1.73. The first-order chi connectivity index (χ1) is 20.2. The molecule has 1 amide bonds. The number of aromatic nitrogens is 2. The number of amides is 1. The van der Waals surface area contributed by atoms with Crippen LogP contribution in [0.15, 0.2) is 101 Å². The Bertz CT molecular complexity index is 1590. The van der Waals surface area contributed by atoms with Crippen LogP contribution < -0.4 is 16.0 Å². The van der Waals surface area contributed by atoms with Crippen molar-refractivity contribution in [1.82, 2.24) is 19.4 Å². The molecule has 1 aromatic heterocycles. The van der Waals surface area contributed by atoms with Gasteiger partial charge in [0.1, 0.15) is 18.8 Å². The number of aromatic amines is 1. The molecular weight excluding hydrogens is 536 g/mol. The van der Waals surface area contributed by atoms with Crippen molar-refractivity contribution in [3.05, 3.63) is 134 Å². The number of carbonyl (C=O) groups is 2. The highest BCUT2D eigenvalue weighted by atomic mass is 16.5. The standard InChI is InChI=1S/C32H34N4O6/c1-23-20-36(31(41)33-30(23)40)21-28(37)35(22-29(38)39)19-18-34(2)32(24-10-6-4-7-11-24,25-12-8-5-9-13-25)26-14-16-27(42-3)17-15-26/h4-17,20H,18-19,21-22H2,1-3H3,(H,38,39)(H,33,40,41). The lowest BCUT2D eigenvalue weighted by atomic mass is 9.75. The van der Waals surface area contributed by atoms with Gasteiger partial charge < -0.3 is 14.7 Å². The largest absolute Gasteiger partial charge is 0.497 e. The highest BCUT2D eigenvalue weighted by Gasteiger charge is 2.40. The molecular formula is C32H34N4O6. The summed E-state index contributed by atoms with van der Waals surface area (Å²) in [5.41, 5.74) is 1.10. The molecule has 4 aromatic rings. The second-order valence-corrected chi connectivity index (χ2v) is 10.0. The molecule has 0 saturated heterocycles. The minimum atomic E-state index is -1.18. The topological polar surface area (TPSA) is 125 Å². The van der Waals surface area contributed by atoms with Crippen LogP contribution in [0.2, 0.25) is 0 Å². The van der Waals surface area contributed by atoms with Crippen molar-refractivity contribution >= 4 is 11.9 Å². The monoisotopic (exact) mass is 570 g/mol. The van der Waals surface area contributed by atoms with E-state index in [2.05, 4.69) is 9.88 Å². The number of nitrogens with one attached hydrogen (secondary N) is 1. The van der Waals surface area contributed by atoms with Crippen LogP contribution >= 0.6 is 0 Å². The van der Waals surface area contributed by atoms with E-state index in [4.69, 9.17) is 4.74 Å². The average molecular weight is 571 g/mol. The third-order valence-corrected chi connectivity index (χ3v) is 7.34. The second kappa shape index (κ2) is 13.1. The van der Waals surface area contributed by atoms with Crippen molar-refractivity contribution in [2.75, 3.05) is 33.8 Å². The van der Waals surface area contributed by atoms with Crippen LogP contribution in [-0.4, -0.2) is 70.1 Å². The van der Waals surface area contributed by atoms with Crippen LogP contribution in [0.3, 0.4) is 0 Å². The summed E-state index contributed by atoms with van der Waals surface area (Å²) in [6.07, 6.45) is 1.30. The van der Waals surface area contributed by atoms with Gasteiger partial charge in [0.25, 0.3) is 5.56 Å². The maximum absolute atomic E-state index is 13.3. The minimum Gasteiger partial charge on any atom is -0.497 e. The molecule has 0 radical (unpaired) electrons. The Kier molecular flexibility index (Phi) is 9.39. The fourth-order valence-electron chi connectivity index (χ4n) is 5.23. The quantitative estimate of drug-likeness (QED) is 0.251. The first kappa shape index (κ1) is 30.0. The van der Waals surface area contributed by atoms with Crippen LogP contribution in [0.25, 0.3) is 0 Å². The number of carbonyl (C=O) groups excluding carboxylic acids is 1. The lowest BCUT2D eigenvalue weighted by Crippen LogP contribution is -2.50. The lowest BCUT2D eigenvalue weighted by molar-refractivity contribution is -0.145. The molecule has 0 aliphatic rings. The number of benzene rings is 3. The smallest absolute Gasteiger partial charge is 0.328 e. The van der Waals surface area contributed by atoms with E-state index >= 15 is 0 Å². The molecule has 4 rings (SSSR count). The molecule has 218 valence electrons. The fraction of sp³-hybridized carbons (Fsp3) is 0.250. The van der Waals surface area contributed by atoms with Gasteiger partial charge in [-0.25, -0.2) is 4.79 Å². The summed E-state index contributed by atoms with van der Waals surface area (Å²) >= 11 is 0. The molecule has 0 spiro atoms. The number of hydrogen-bond acceptors (Lipinski definition) is 6. The summed E-state index contributed by atoms with van der Waals surface area (Å²) in [6.45, 7) is 0.921. The molecule has 0 fully saturated rings. The van der Waals surface area contributed by atoms with Gasteiger partial charge >= 0.3 is 11.7 Å². The number of carboxylic acid groups (broad SMARTS) is 1. The predicted octanol–water partition coefficient (Wildman–Crippen LogP) is 2.69. The molecule has 0 aliphatic heterocycles. The van der Waals surface area contributed by atoms with E-state index in [0.29, 0.717) is 5.75 Å². The Morgan fingerprint density at radius 1 is 0.881 bits per heavy atom. The van der Waals surface area contributed by atoms with Gasteiger partial charge in [0.05, 0.1) is 12.6 Å². The van der Waals surface area contributed by atoms with E-state index in [1.165, 1.54) is 18.0 Å². The summed E-state index contributed by atoms with van der Waals surface area (Å²) in [7, 11) is 3.54. The first-order valence-corrected chi connectivity index (χ1v) is 13.4. The number of carboxylic acids is 1. The second-order valence-electron chi connectivity index (χ2n) is 10.0. The van der Waals surface area contributed by atoms with Crippen molar-refractivity contribution in [3.63, 3.8) is 0 Å². The molecule has 2 N–H and O–H groups in total. The zero-order chi connectivity index (χ0) is 30.3. The van der Waals surface area contributed by atoms with Crippen molar-refractivity contribution in [2.24, 2.45) is 0 Å². The average Bonchev–Trinajstić information content (AvgIpc) is 2.99. The summed E-state index contributed by atoms with van der Waals surface area (Å²) in [6, 6.07) is 27.7. The maximum Gasteiger partial charge on any atom is 0.328 e. The van der Waals surface area contributed by atoms with Gasteiger partial charge in [-0.05, 0) is 42.8 Å². The molecule has 0 bridgehead atoms. The molecule has 0 unspecified atom stereocenters. The van der Waals surface area contributed by atoms with E-state index in [1.54, 1.807) is 7.11 Å². The number of ether oxygens (including phenoxy) is 1. The summed E-state index contributed by atoms with van der Waals surface area (Å²) < 4.78 is 6.49. The van der Waals surface area contributed by atoms with Crippen LogP contribution in [-0.2, 0) is 21.7 Å². The van der Waals surface area contributed by atoms with Gasteiger partial charge in [-0.3, -0.25) is 28.8 Å². The molecule has 0 aliphatic carbocycles. The Morgan fingerprint density at radius 3 is 1.95 bits per heavy atom. The summed E-state index contributed by atoms with van der Waals surface area (Å²) in [4.78, 5) is 54.6. The number of hydrogen-bond donors (Lipinski definition) is 2. The van der Waals surface area contributed by atoms with Gasteiger partial charge in [0.15, 0.2) is 0 Å². The molecule has 1 heterocycles. The molecule has 0 atom stereocenters. The maximum atomic E-state index is 13.3. The Hall–Kier alpha value is -4.96. The zero-order valence-electron chi connectivity index (χ0n) is 23.8. The van der Waals surface area contributed by atoms with Crippen LogP contribution in [0, 0.1) is 6.92 Å². The number of methoxy groups -OCH3 is 1. The third-order valence-electron chi connectivity index (χ3n) is 7.34. The van der Waals surface area contributed by atoms with Gasteiger partial charge in [0.2, 0.25) is 5.91 Å². The van der Waals surface area contributed by atoms with E-state index in [0.717, 1.165) is 21.3 Å². The van der Waals surface area contributed by atoms with Crippen molar-refractivity contribution < 1.29 is 19.4 Å². The third kappa shape index (κ3) is 6.34. The predicted molar refractivity (Wildman–Crippen MR) is 159 cm³/mol. The van der Waals surface area contributed by atoms with Gasteiger partial charge in [-0.1, -0.05) is 72.8 Å². The molecule has 42 heavy (non-hydrogen) atoms. The number of H-pyrrole nitrogens is 1. The number of aryl methyl sites for hydroxylation is 1. The Morgan fingerprint density at radius 2 is 1.43 bits per heavy atom. The normalized spacial score (nSPS) is 11.3. The Labute approximate surface area is 243 Å². The molecule has 3 aromatic carbocycles. The van der Waals surface area contributed by atoms with E-state index in [-0.39, 0.29) is 18.7 Å². The molecule has 10 heteroatoms. The number of aliphatic carboxylic acids is 1. The van der Waals surface area contributed by atoms with E-state index in [1.807, 2.05) is 92.0 Å². The van der Waals surface area contributed by atoms with E-state index < -0.39 is 41.8 Å². The minimum absolute atomic E-state index is 0.0658. The zero-order valence-corrected chi connectivity index (χ0v) is 23.8. The van der Waals surface area contributed by atoms with Gasteiger partial charge in [-0.2, -0.15) is 0 Å². The van der Waals surface area contributed by atoms with Crippen molar-refractivity contribution in [1.29, 1.82) is 0 Å². The summed E-state index contributed by atoms with van der Waals surface area (Å²) in [5, 5.41) is 9.61. The van der Waals surface area contributed by atoms with Gasteiger partial charge in [-0.15, -0.1) is 0 Å². The fourth-order valence-corrected chi connectivity index (χ4v) is 5.23. The highest BCUT2D eigenvalue weighted by molar-refractivity contribution is 5.81. The van der Waals surface area contributed by atoms with Crippen LogP contribution in [0.5, 0.6) is 5.75 Å². The molecule has 10 nitrogen and oxygen atoms in total. The van der Waals surface area contributed by atoms with E-state index in [9.17, 15) is 24.3 Å². The van der Waals surface area contributed by atoms with Crippen molar-refractivity contribution in [2.45, 2.75) is 19.0 Å².